The lowest BCUT2D eigenvalue weighted by Gasteiger charge is -2.37. The third kappa shape index (κ3) is 3.23. The Morgan fingerprint density at radius 2 is 1.95 bits per heavy atom. The summed E-state index contributed by atoms with van der Waals surface area (Å²) >= 11 is 12.3. The molecule has 4 nitrogen and oxygen atoms in total. The van der Waals surface area contributed by atoms with Crippen LogP contribution in [0.15, 0.2) is 12.1 Å². The van der Waals surface area contributed by atoms with E-state index in [9.17, 15) is 14.7 Å². The van der Waals surface area contributed by atoms with Crippen molar-refractivity contribution in [3.8, 4) is 5.75 Å². The molecule has 1 aliphatic carbocycles. The molecule has 6 heteroatoms. The molecule has 0 saturated heterocycles. The van der Waals surface area contributed by atoms with Gasteiger partial charge in [0.25, 0.3) is 0 Å². The molecule has 0 aromatic heterocycles. The smallest absolute Gasteiger partial charge is 0.348 e. The van der Waals surface area contributed by atoms with E-state index in [1.807, 2.05) is 6.92 Å². The topological polar surface area (TPSA) is 63.6 Å². The zero-order valence-corrected chi connectivity index (χ0v) is 13.8. The highest BCUT2D eigenvalue weighted by Crippen LogP contribution is 2.42. The summed E-state index contributed by atoms with van der Waals surface area (Å²) in [5.41, 5.74) is -0.869. The van der Waals surface area contributed by atoms with E-state index in [0.717, 1.165) is 19.3 Å². The minimum atomic E-state index is -1.22. The van der Waals surface area contributed by atoms with Crippen molar-refractivity contribution in [2.75, 3.05) is 0 Å². The first-order valence-corrected chi connectivity index (χ1v) is 8.10. The van der Waals surface area contributed by atoms with Gasteiger partial charge in [0, 0.05) is 12.0 Å². The molecule has 0 amide bonds. The summed E-state index contributed by atoms with van der Waals surface area (Å²) < 4.78 is 5.60. The Morgan fingerprint density at radius 1 is 1.27 bits per heavy atom. The fraction of sp³-hybridized carbons (Fsp3) is 0.500. The molecule has 0 spiro atoms. The van der Waals surface area contributed by atoms with Gasteiger partial charge in [0.15, 0.2) is 5.78 Å². The van der Waals surface area contributed by atoms with Crippen LogP contribution in [0.5, 0.6) is 5.75 Å². The summed E-state index contributed by atoms with van der Waals surface area (Å²) in [5, 5.41) is 9.51. The number of hydrogen-bond donors (Lipinski definition) is 1. The van der Waals surface area contributed by atoms with Gasteiger partial charge in [-0.05, 0) is 37.8 Å². The SMILES string of the molecule is CCCCC(=O)c1ccc(OC2(C(=O)O)CCC2)c(Cl)c1Cl. The fourth-order valence-electron chi connectivity index (χ4n) is 2.37. The van der Waals surface area contributed by atoms with E-state index in [4.69, 9.17) is 27.9 Å². The summed E-state index contributed by atoms with van der Waals surface area (Å²) in [5.74, 6) is -0.869. The van der Waals surface area contributed by atoms with Gasteiger partial charge in [0.1, 0.15) is 10.8 Å². The first-order valence-electron chi connectivity index (χ1n) is 7.35. The molecule has 0 aliphatic heterocycles. The van der Waals surface area contributed by atoms with E-state index in [0.29, 0.717) is 24.8 Å². The number of carbonyl (C=O) groups excluding carboxylic acids is 1. The van der Waals surface area contributed by atoms with Gasteiger partial charge in [0.2, 0.25) is 5.60 Å². The third-order valence-electron chi connectivity index (χ3n) is 3.96. The Morgan fingerprint density at radius 3 is 2.45 bits per heavy atom. The zero-order valence-electron chi connectivity index (χ0n) is 12.3. The second-order valence-corrected chi connectivity index (χ2v) is 6.28. The van der Waals surface area contributed by atoms with E-state index in [-0.39, 0.29) is 21.6 Å². The fourth-order valence-corrected chi connectivity index (χ4v) is 2.83. The Bertz CT molecular complexity index is 594. The number of carboxylic acids is 1. The van der Waals surface area contributed by atoms with Crippen molar-refractivity contribution in [1.82, 2.24) is 0 Å². The second kappa shape index (κ2) is 6.88. The van der Waals surface area contributed by atoms with Crippen molar-refractivity contribution in [2.24, 2.45) is 0 Å². The van der Waals surface area contributed by atoms with Gasteiger partial charge in [-0.3, -0.25) is 4.79 Å². The third-order valence-corrected chi connectivity index (χ3v) is 4.83. The highest BCUT2D eigenvalue weighted by molar-refractivity contribution is 6.44. The summed E-state index contributed by atoms with van der Waals surface area (Å²) in [6.45, 7) is 2.00. The number of ketones is 1. The number of Topliss-reactive ketones (excluding diaryl/α,β-unsaturated/α-hetero) is 1. The molecular weight excluding hydrogens is 327 g/mol. The molecule has 0 bridgehead atoms. The Hall–Kier alpha value is -1.26. The molecule has 0 unspecified atom stereocenters. The molecule has 1 aromatic carbocycles. The average Bonchev–Trinajstić information content (AvgIpc) is 2.44. The largest absolute Gasteiger partial charge is 0.478 e. The molecule has 0 atom stereocenters. The molecule has 22 heavy (non-hydrogen) atoms. The van der Waals surface area contributed by atoms with E-state index in [1.54, 1.807) is 6.07 Å². The van der Waals surface area contributed by atoms with Crippen LogP contribution in [-0.4, -0.2) is 22.5 Å². The monoisotopic (exact) mass is 344 g/mol. The van der Waals surface area contributed by atoms with Gasteiger partial charge in [-0.15, -0.1) is 0 Å². The maximum absolute atomic E-state index is 12.1. The minimum absolute atomic E-state index is 0.0723. The first-order chi connectivity index (χ1) is 10.4. The van der Waals surface area contributed by atoms with E-state index in [2.05, 4.69) is 0 Å². The predicted octanol–water partition coefficient (Wildman–Crippen LogP) is 4.75. The van der Waals surface area contributed by atoms with Gasteiger partial charge in [0.05, 0.1) is 5.02 Å². The summed E-state index contributed by atoms with van der Waals surface area (Å²) in [6.07, 6.45) is 3.78. The number of carboxylic acid groups (broad SMARTS) is 1. The number of unbranched alkanes of at least 4 members (excludes halogenated alkanes) is 1. The first kappa shape index (κ1) is 17.1. The van der Waals surface area contributed by atoms with Crippen molar-refractivity contribution in [1.29, 1.82) is 0 Å². The van der Waals surface area contributed by atoms with Crippen LogP contribution in [0, 0.1) is 0 Å². The number of rotatable bonds is 7. The molecule has 1 N–H and O–H groups in total. The van der Waals surface area contributed by atoms with Crippen LogP contribution >= 0.6 is 23.2 Å². The van der Waals surface area contributed by atoms with Crippen LogP contribution in [0.3, 0.4) is 0 Å². The lowest BCUT2D eigenvalue weighted by molar-refractivity contribution is -0.163. The molecular formula is C16H18Cl2O4. The number of halogens is 2. The summed E-state index contributed by atoms with van der Waals surface area (Å²) in [7, 11) is 0. The van der Waals surface area contributed by atoms with E-state index in [1.165, 1.54) is 6.07 Å². The van der Waals surface area contributed by atoms with E-state index >= 15 is 0 Å². The predicted molar refractivity (Wildman–Crippen MR) is 85.2 cm³/mol. The number of ether oxygens (including phenoxy) is 1. The van der Waals surface area contributed by atoms with Gasteiger partial charge in [-0.1, -0.05) is 36.5 Å². The van der Waals surface area contributed by atoms with Gasteiger partial charge >= 0.3 is 5.97 Å². The van der Waals surface area contributed by atoms with Crippen molar-refractivity contribution in [2.45, 2.75) is 51.0 Å². The number of carbonyl (C=O) groups is 2. The van der Waals surface area contributed by atoms with Crippen LogP contribution in [0.4, 0.5) is 0 Å². The molecule has 2 rings (SSSR count). The second-order valence-electron chi connectivity index (χ2n) is 5.52. The van der Waals surface area contributed by atoms with Crippen LogP contribution in [-0.2, 0) is 4.79 Å². The van der Waals surface area contributed by atoms with Gasteiger partial charge in [-0.25, -0.2) is 4.79 Å². The lowest BCUT2D eigenvalue weighted by Crippen LogP contribution is -2.50. The van der Waals surface area contributed by atoms with Crippen molar-refractivity contribution in [3.63, 3.8) is 0 Å². The number of hydrogen-bond acceptors (Lipinski definition) is 3. The van der Waals surface area contributed by atoms with Crippen molar-refractivity contribution >= 4 is 35.0 Å². The molecule has 0 heterocycles. The van der Waals surface area contributed by atoms with Crippen molar-refractivity contribution in [3.05, 3.63) is 27.7 Å². The average molecular weight is 345 g/mol. The molecule has 1 fully saturated rings. The Balaban J connectivity index is 2.23. The maximum atomic E-state index is 12.1. The summed E-state index contributed by atoms with van der Waals surface area (Å²) in [4.78, 5) is 23.4. The standard InChI is InChI=1S/C16H18Cl2O4/c1-2-3-5-11(19)10-6-7-12(14(18)13(10)17)22-16(15(20)21)8-4-9-16/h6-7H,2-5,8-9H2,1H3,(H,20,21). The minimum Gasteiger partial charge on any atom is -0.478 e. The highest BCUT2D eigenvalue weighted by Gasteiger charge is 2.47. The molecule has 1 aromatic rings. The summed E-state index contributed by atoms with van der Waals surface area (Å²) in [6, 6.07) is 3.08. The lowest BCUT2D eigenvalue weighted by atomic mass is 9.80. The number of aliphatic carboxylic acids is 1. The number of benzene rings is 1. The van der Waals surface area contributed by atoms with Crippen molar-refractivity contribution < 1.29 is 19.4 Å². The van der Waals surface area contributed by atoms with Crippen LogP contribution in [0.1, 0.15) is 55.8 Å². The van der Waals surface area contributed by atoms with Gasteiger partial charge in [-0.2, -0.15) is 0 Å². The quantitative estimate of drug-likeness (QED) is 0.724. The zero-order chi connectivity index (χ0) is 16.3. The normalized spacial score (nSPS) is 16.0. The van der Waals surface area contributed by atoms with E-state index < -0.39 is 11.6 Å². The highest BCUT2D eigenvalue weighted by atomic mass is 35.5. The molecule has 1 aliphatic rings. The Kier molecular flexibility index (Phi) is 5.35. The van der Waals surface area contributed by atoms with Crippen LogP contribution < -0.4 is 4.74 Å². The maximum Gasteiger partial charge on any atom is 0.348 e. The van der Waals surface area contributed by atoms with Gasteiger partial charge < -0.3 is 9.84 Å². The molecule has 120 valence electrons. The van der Waals surface area contributed by atoms with Crippen LogP contribution in [0.2, 0.25) is 10.0 Å². The van der Waals surface area contributed by atoms with Crippen LogP contribution in [0.25, 0.3) is 0 Å². The molecule has 1 saturated carbocycles. The Labute approximate surface area is 139 Å². The molecule has 0 radical (unpaired) electrons.